The highest BCUT2D eigenvalue weighted by molar-refractivity contribution is 5.49. The van der Waals surface area contributed by atoms with Crippen LogP contribution in [0.25, 0.3) is 0 Å². The molecule has 0 saturated heterocycles. The number of imidazole rings is 1. The van der Waals surface area contributed by atoms with Gasteiger partial charge in [-0.2, -0.15) is 0 Å². The molecule has 1 atom stereocenters. The van der Waals surface area contributed by atoms with Crippen LogP contribution in [-0.2, 0) is 7.05 Å². The van der Waals surface area contributed by atoms with Crippen LogP contribution in [0.5, 0.6) is 5.75 Å². The zero-order chi connectivity index (χ0) is 19.1. The lowest BCUT2D eigenvalue weighted by atomic mass is 10.2. The average molecular weight is 359 g/mol. The summed E-state index contributed by atoms with van der Waals surface area (Å²) in [4.78, 5) is 20.8. The van der Waals surface area contributed by atoms with Crippen LogP contribution in [0.3, 0.4) is 0 Å². The monoisotopic (exact) mass is 359 g/mol. The van der Waals surface area contributed by atoms with E-state index in [2.05, 4.69) is 35.4 Å². The number of ether oxygens (including phenoxy) is 1. The molecule has 0 aliphatic heterocycles. The summed E-state index contributed by atoms with van der Waals surface area (Å²) >= 11 is 0. The van der Waals surface area contributed by atoms with Gasteiger partial charge in [0.2, 0.25) is 0 Å². The molecule has 0 radical (unpaired) electrons. The van der Waals surface area contributed by atoms with Gasteiger partial charge in [0.15, 0.2) is 0 Å². The van der Waals surface area contributed by atoms with E-state index in [1.807, 2.05) is 24.3 Å². The van der Waals surface area contributed by atoms with E-state index in [0.29, 0.717) is 11.6 Å². The molecule has 8 nitrogen and oxygen atoms in total. The Morgan fingerprint density at radius 1 is 1.31 bits per heavy atom. The minimum atomic E-state index is -0.818. The van der Waals surface area contributed by atoms with Crippen molar-refractivity contribution in [3.05, 3.63) is 46.4 Å². The molecular formula is C18H25N5O3. The summed E-state index contributed by atoms with van der Waals surface area (Å²) in [6, 6.07) is 7.73. The molecule has 1 aromatic heterocycles. The molecule has 1 aromatic carbocycles. The molecule has 26 heavy (non-hydrogen) atoms. The topological polar surface area (TPSA) is 85.8 Å². The van der Waals surface area contributed by atoms with Crippen LogP contribution in [0.15, 0.2) is 35.5 Å². The Morgan fingerprint density at radius 2 is 1.92 bits per heavy atom. The largest absolute Gasteiger partial charge is 0.459 e. The normalized spacial score (nSPS) is 11.8. The maximum Gasteiger partial charge on any atom is 0.342 e. The van der Waals surface area contributed by atoms with Crippen molar-refractivity contribution in [1.29, 1.82) is 0 Å². The standard InChI is InChI=1S/C18H25N5O3/c1-5-11-22(12-6-2)14-7-9-15(10-8-14)26-18(19-3)17-20-13-16(21(17)4)23(24)25/h7-10,13,18H,3,5-6,11-12H2,1-2,4H3. The van der Waals surface area contributed by atoms with E-state index in [0.717, 1.165) is 31.6 Å². The van der Waals surface area contributed by atoms with Gasteiger partial charge in [-0.05, 0) is 48.7 Å². The second kappa shape index (κ2) is 8.98. The number of anilines is 1. The Morgan fingerprint density at radius 3 is 2.38 bits per heavy atom. The molecule has 0 bridgehead atoms. The van der Waals surface area contributed by atoms with Gasteiger partial charge in [0.05, 0.1) is 7.05 Å². The first-order valence-electron chi connectivity index (χ1n) is 8.65. The summed E-state index contributed by atoms with van der Waals surface area (Å²) in [5.41, 5.74) is 1.14. The second-order valence-electron chi connectivity index (χ2n) is 5.92. The lowest BCUT2D eigenvalue weighted by Crippen LogP contribution is -2.24. The maximum absolute atomic E-state index is 11.0. The van der Waals surface area contributed by atoms with Crippen molar-refractivity contribution in [3.8, 4) is 5.75 Å². The minimum absolute atomic E-state index is 0.123. The van der Waals surface area contributed by atoms with E-state index < -0.39 is 11.2 Å². The molecule has 0 aliphatic rings. The SMILES string of the molecule is C=NC(Oc1ccc(N(CCC)CCC)cc1)c1ncc([N+](=O)[O-])n1C. The van der Waals surface area contributed by atoms with Crippen LogP contribution in [-0.4, -0.2) is 34.3 Å². The van der Waals surface area contributed by atoms with E-state index >= 15 is 0 Å². The molecule has 2 rings (SSSR count). The predicted molar refractivity (Wildman–Crippen MR) is 102 cm³/mol. The molecule has 8 heteroatoms. The smallest absolute Gasteiger partial charge is 0.342 e. The number of nitrogens with zero attached hydrogens (tertiary/aromatic N) is 5. The molecule has 0 amide bonds. The molecule has 1 heterocycles. The zero-order valence-corrected chi connectivity index (χ0v) is 15.5. The number of hydrogen-bond donors (Lipinski definition) is 0. The van der Waals surface area contributed by atoms with E-state index in [9.17, 15) is 10.1 Å². The summed E-state index contributed by atoms with van der Waals surface area (Å²) in [6.07, 6.45) is 2.53. The Balaban J connectivity index is 2.16. The zero-order valence-electron chi connectivity index (χ0n) is 15.5. The highest BCUT2D eigenvalue weighted by Gasteiger charge is 2.25. The van der Waals surface area contributed by atoms with E-state index in [1.54, 1.807) is 7.05 Å². The van der Waals surface area contributed by atoms with Crippen LogP contribution >= 0.6 is 0 Å². The van der Waals surface area contributed by atoms with Crippen molar-refractivity contribution < 1.29 is 9.66 Å². The fourth-order valence-corrected chi connectivity index (χ4v) is 2.76. The Bertz CT molecular complexity index is 736. The summed E-state index contributed by atoms with van der Waals surface area (Å²) in [7, 11) is 1.55. The third-order valence-electron chi connectivity index (χ3n) is 4.01. The fraction of sp³-hybridized carbons (Fsp3) is 0.444. The highest BCUT2D eigenvalue weighted by Crippen LogP contribution is 2.26. The van der Waals surface area contributed by atoms with Crippen molar-refractivity contribution in [1.82, 2.24) is 9.55 Å². The first-order valence-corrected chi connectivity index (χ1v) is 8.65. The number of rotatable bonds is 10. The number of aromatic nitrogens is 2. The lowest BCUT2D eigenvalue weighted by molar-refractivity contribution is -0.391. The molecule has 2 aromatic rings. The van der Waals surface area contributed by atoms with Crippen molar-refractivity contribution in [3.63, 3.8) is 0 Å². The number of aliphatic imine (C=N–C) groups is 1. The second-order valence-corrected chi connectivity index (χ2v) is 5.92. The molecule has 1 unspecified atom stereocenters. The van der Waals surface area contributed by atoms with Crippen molar-refractivity contribution in [2.24, 2.45) is 12.0 Å². The van der Waals surface area contributed by atoms with Gasteiger partial charge in [0, 0.05) is 18.8 Å². The van der Waals surface area contributed by atoms with E-state index in [1.165, 1.54) is 10.8 Å². The van der Waals surface area contributed by atoms with Crippen LogP contribution < -0.4 is 9.64 Å². The van der Waals surface area contributed by atoms with Crippen LogP contribution in [0.1, 0.15) is 38.7 Å². The molecule has 0 spiro atoms. The molecule has 0 saturated carbocycles. The third kappa shape index (κ3) is 4.38. The highest BCUT2D eigenvalue weighted by atomic mass is 16.6. The average Bonchev–Trinajstić information content (AvgIpc) is 3.02. The Labute approximate surface area is 153 Å². The summed E-state index contributed by atoms with van der Waals surface area (Å²) in [5.74, 6) is 0.807. The molecular weight excluding hydrogens is 334 g/mol. The Kier molecular flexibility index (Phi) is 6.71. The van der Waals surface area contributed by atoms with Crippen molar-refractivity contribution >= 4 is 18.2 Å². The first kappa shape index (κ1) is 19.4. The van der Waals surface area contributed by atoms with Gasteiger partial charge in [-0.25, -0.2) is 14.5 Å². The number of nitro groups is 1. The molecule has 0 N–H and O–H groups in total. The van der Waals surface area contributed by atoms with Gasteiger partial charge in [-0.15, -0.1) is 0 Å². The van der Waals surface area contributed by atoms with Gasteiger partial charge in [0.25, 0.3) is 12.1 Å². The number of benzene rings is 1. The molecule has 0 aliphatic carbocycles. The van der Waals surface area contributed by atoms with Crippen LogP contribution in [0.4, 0.5) is 11.5 Å². The van der Waals surface area contributed by atoms with Crippen molar-refractivity contribution in [2.75, 3.05) is 18.0 Å². The van der Waals surface area contributed by atoms with Crippen LogP contribution in [0, 0.1) is 10.1 Å². The van der Waals surface area contributed by atoms with Gasteiger partial charge in [-0.3, -0.25) is 0 Å². The number of hydrogen-bond acceptors (Lipinski definition) is 6. The minimum Gasteiger partial charge on any atom is -0.459 e. The molecule has 0 fully saturated rings. The van der Waals surface area contributed by atoms with Gasteiger partial charge >= 0.3 is 5.82 Å². The fourth-order valence-electron chi connectivity index (χ4n) is 2.76. The summed E-state index contributed by atoms with van der Waals surface area (Å²) in [5, 5.41) is 11.0. The first-order chi connectivity index (χ1) is 12.5. The summed E-state index contributed by atoms with van der Waals surface area (Å²) in [6.45, 7) is 9.84. The molecule has 140 valence electrons. The lowest BCUT2D eigenvalue weighted by Gasteiger charge is -2.24. The van der Waals surface area contributed by atoms with Gasteiger partial charge in [0.1, 0.15) is 11.9 Å². The predicted octanol–water partition coefficient (Wildman–Crippen LogP) is 3.73. The quantitative estimate of drug-likeness (QED) is 0.366. The van der Waals surface area contributed by atoms with Gasteiger partial charge < -0.3 is 19.8 Å². The Hall–Kier alpha value is -2.90. The van der Waals surface area contributed by atoms with Crippen LogP contribution in [0.2, 0.25) is 0 Å². The van der Waals surface area contributed by atoms with E-state index in [4.69, 9.17) is 4.74 Å². The summed E-state index contributed by atoms with van der Waals surface area (Å²) < 4.78 is 7.17. The van der Waals surface area contributed by atoms with E-state index in [-0.39, 0.29) is 5.82 Å². The van der Waals surface area contributed by atoms with Crippen molar-refractivity contribution in [2.45, 2.75) is 32.9 Å². The maximum atomic E-state index is 11.0. The van der Waals surface area contributed by atoms with Gasteiger partial charge in [-0.1, -0.05) is 13.8 Å². The third-order valence-corrected chi connectivity index (χ3v) is 4.01.